The smallest absolute Gasteiger partial charge is 0.228 e. The molecule has 2 heterocycles. The molecule has 136 valence electrons. The van der Waals surface area contributed by atoms with E-state index in [9.17, 15) is 4.79 Å². The normalized spacial score (nSPS) is 22.5. The third kappa shape index (κ3) is 3.67. The van der Waals surface area contributed by atoms with Crippen LogP contribution in [0.1, 0.15) is 36.3 Å². The van der Waals surface area contributed by atoms with E-state index < -0.39 is 0 Å². The molecule has 0 aromatic heterocycles. The highest BCUT2D eigenvalue weighted by Gasteiger charge is 2.45. The van der Waals surface area contributed by atoms with Crippen molar-refractivity contribution in [1.29, 1.82) is 0 Å². The summed E-state index contributed by atoms with van der Waals surface area (Å²) < 4.78 is 0. The van der Waals surface area contributed by atoms with E-state index in [4.69, 9.17) is 0 Å². The summed E-state index contributed by atoms with van der Waals surface area (Å²) in [5.74, 6) is 0.221. The van der Waals surface area contributed by atoms with Crippen molar-refractivity contribution in [3.8, 4) is 0 Å². The number of piperidine rings is 1. The third-order valence-electron chi connectivity index (χ3n) is 5.86. The first-order valence-electron chi connectivity index (χ1n) is 9.40. The Labute approximate surface area is 160 Å². The first-order chi connectivity index (χ1) is 12.7. The molecule has 2 aromatic rings. The fourth-order valence-electron chi connectivity index (χ4n) is 4.33. The monoisotopic (exact) mass is 366 g/mol. The summed E-state index contributed by atoms with van der Waals surface area (Å²) in [7, 11) is 0. The number of benzene rings is 2. The second-order valence-electron chi connectivity index (χ2n) is 7.56. The van der Waals surface area contributed by atoms with Gasteiger partial charge in [0.15, 0.2) is 0 Å². The Morgan fingerprint density at radius 2 is 1.88 bits per heavy atom. The highest BCUT2D eigenvalue weighted by molar-refractivity contribution is 7.98. The van der Waals surface area contributed by atoms with Crippen LogP contribution in [-0.2, 0) is 11.3 Å². The number of nitrogens with one attached hydrogen (secondary N) is 1. The van der Waals surface area contributed by atoms with E-state index in [0.29, 0.717) is 0 Å². The summed E-state index contributed by atoms with van der Waals surface area (Å²) in [4.78, 5) is 16.4. The maximum absolute atomic E-state index is 12.6. The molecule has 4 rings (SSSR count). The second-order valence-corrected chi connectivity index (χ2v) is 8.44. The van der Waals surface area contributed by atoms with Crippen LogP contribution in [-0.4, -0.2) is 35.7 Å². The minimum Gasteiger partial charge on any atom is -0.350 e. The van der Waals surface area contributed by atoms with Gasteiger partial charge in [0.2, 0.25) is 5.91 Å². The molecular formula is C22H26N2OS. The molecule has 3 nitrogen and oxygen atoms in total. The van der Waals surface area contributed by atoms with Gasteiger partial charge >= 0.3 is 0 Å². The summed E-state index contributed by atoms with van der Waals surface area (Å²) >= 11 is 1.79. The SMILES string of the molecule is CSc1cccc(CN2CCC3(CC2)C[C@@H](c2ccccc2)C(=O)N3)c1. The zero-order chi connectivity index (χ0) is 18.0. The fourth-order valence-corrected chi connectivity index (χ4v) is 4.82. The van der Waals surface area contributed by atoms with E-state index in [0.717, 1.165) is 44.5 Å². The Morgan fingerprint density at radius 3 is 2.62 bits per heavy atom. The molecule has 2 saturated heterocycles. The van der Waals surface area contributed by atoms with Gasteiger partial charge in [-0.05, 0) is 48.8 Å². The summed E-state index contributed by atoms with van der Waals surface area (Å²) in [6.45, 7) is 3.09. The number of carbonyl (C=O) groups is 1. The number of thioether (sulfide) groups is 1. The van der Waals surface area contributed by atoms with Crippen LogP contribution in [0.2, 0.25) is 0 Å². The highest BCUT2D eigenvalue weighted by atomic mass is 32.2. The van der Waals surface area contributed by atoms with Crippen LogP contribution in [0.15, 0.2) is 59.5 Å². The molecular weight excluding hydrogens is 340 g/mol. The minimum atomic E-state index is -0.00475. The summed E-state index contributed by atoms with van der Waals surface area (Å²) in [5, 5.41) is 3.35. The van der Waals surface area contributed by atoms with Crippen molar-refractivity contribution >= 4 is 17.7 Å². The van der Waals surface area contributed by atoms with E-state index >= 15 is 0 Å². The molecule has 0 aliphatic carbocycles. The van der Waals surface area contributed by atoms with Gasteiger partial charge in [0.1, 0.15) is 0 Å². The lowest BCUT2D eigenvalue weighted by Gasteiger charge is -2.39. The molecule has 1 spiro atoms. The van der Waals surface area contributed by atoms with Crippen LogP contribution < -0.4 is 5.32 Å². The first-order valence-corrected chi connectivity index (χ1v) is 10.6. The Morgan fingerprint density at radius 1 is 1.12 bits per heavy atom. The lowest BCUT2D eigenvalue weighted by Crippen LogP contribution is -2.50. The predicted molar refractivity (Wildman–Crippen MR) is 107 cm³/mol. The lowest BCUT2D eigenvalue weighted by molar-refractivity contribution is -0.121. The Balaban J connectivity index is 1.38. The van der Waals surface area contributed by atoms with Gasteiger partial charge in [0.05, 0.1) is 5.92 Å². The Hall–Kier alpha value is -1.78. The molecule has 0 radical (unpaired) electrons. The minimum absolute atomic E-state index is 0.00475. The standard InChI is InChI=1S/C22H26N2OS/c1-26-19-9-5-6-17(14-19)16-24-12-10-22(11-13-24)15-20(21(25)23-22)18-7-3-2-4-8-18/h2-9,14,20H,10-13,15-16H2,1H3,(H,23,25)/t20-/m0/s1. The zero-order valence-corrected chi connectivity index (χ0v) is 16.1. The van der Waals surface area contributed by atoms with Crippen molar-refractivity contribution in [2.45, 2.75) is 42.2 Å². The molecule has 2 aliphatic rings. The van der Waals surface area contributed by atoms with E-state index in [1.54, 1.807) is 11.8 Å². The molecule has 2 fully saturated rings. The number of likely N-dealkylation sites (tertiary alicyclic amines) is 1. The average Bonchev–Trinajstić information content (AvgIpc) is 3.01. The van der Waals surface area contributed by atoms with Crippen LogP contribution in [0.25, 0.3) is 0 Å². The van der Waals surface area contributed by atoms with Crippen LogP contribution in [0, 0.1) is 0 Å². The summed E-state index contributed by atoms with van der Waals surface area (Å²) in [6.07, 6.45) is 5.15. The van der Waals surface area contributed by atoms with Gasteiger partial charge < -0.3 is 5.32 Å². The molecule has 26 heavy (non-hydrogen) atoms. The molecule has 1 atom stereocenters. The van der Waals surface area contributed by atoms with Crippen molar-refractivity contribution in [1.82, 2.24) is 10.2 Å². The van der Waals surface area contributed by atoms with E-state index in [2.05, 4.69) is 52.9 Å². The number of rotatable bonds is 4. The highest BCUT2D eigenvalue weighted by Crippen LogP contribution is 2.39. The number of carbonyl (C=O) groups excluding carboxylic acids is 1. The van der Waals surface area contributed by atoms with Gasteiger partial charge in [-0.3, -0.25) is 9.69 Å². The van der Waals surface area contributed by atoms with Crippen molar-refractivity contribution in [2.75, 3.05) is 19.3 Å². The first kappa shape index (κ1) is 17.6. The number of nitrogens with zero attached hydrogens (tertiary/aromatic N) is 1. The Kier molecular flexibility index (Phi) is 5.05. The quantitative estimate of drug-likeness (QED) is 0.829. The van der Waals surface area contributed by atoms with E-state index in [1.807, 2.05) is 18.2 Å². The van der Waals surface area contributed by atoms with Gasteiger partial charge in [-0.1, -0.05) is 42.5 Å². The van der Waals surface area contributed by atoms with Gasteiger partial charge in [0, 0.05) is 30.1 Å². The molecule has 0 unspecified atom stereocenters. The van der Waals surface area contributed by atoms with Gasteiger partial charge in [0.25, 0.3) is 0 Å². The fraction of sp³-hybridized carbons (Fsp3) is 0.409. The second kappa shape index (κ2) is 7.45. The number of hydrogen-bond acceptors (Lipinski definition) is 3. The van der Waals surface area contributed by atoms with Crippen molar-refractivity contribution < 1.29 is 4.79 Å². The van der Waals surface area contributed by atoms with Crippen LogP contribution in [0.5, 0.6) is 0 Å². The van der Waals surface area contributed by atoms with Crippen LogP contribution >= 0.6 is 11.8 Å². The molecule has 0 saturated carbocycles. The van der Waals surface area contributed by atoms with E-state index in [-0.39, 0.29) is 17.4 Å². The average molecular weight is 367 g/mol. The summed E-state index contributed by atoms with van der Waals surface area (Å²) in [5.41, 5.74) is 2.53. The largest absolute Gasteiger partial charge is 0.350 e. The van der Waals surface area contributed by atoms with Gasteiger partial charge in [-0.2, -0.15) is 0 Å². The molecule has 2 aliphatic heterocycles. The lowest BCUT2D eigenvalue weighted by atomic mass is 9.82. The van der Waals surface area contributed by atoms with Crippen LogP contribution in [0.3, 0.4) is 0 Å². The van der Waals surface area contributed by atoms with Gasteiger partial charge in [-0.15, -0.1) is 11.8 Å². The topological polar surface area (TPSA) is 32.3 Å². The number of hydrogen-bond donors (Lipinski definition) is 1. The van der Waals surface area contributed by atoms with Crippen molar-refractivity contribution in [3.63, 3.8) is 0 Å². The van der Waals surface area contributed by atoms with E-state index in [1.165, 1.54) is 10.5 Å². The molecule has 1 amide bonds. The maximum Gasteiger partial charge on any atom is 0.228 e. The van der Waals surface area contributed by atoms with Crippen LogP contribution in [0.4, 0.5) is 0 Å². The predicted octanol–water partition coefficient (Wildman–Crippen LogP) is 4.05. The maximum atomic E-state index is 12.6. The van der Waals surface area contributed by atoms with Crippen molar-refractivity contribution in [3.05, 3.63) is 65.7 Å². The third-order valence-corrected chi connectivity index (χ3v) is 6.58. The molecule has 0 bridgehead atoms. The summed E-state index contributed by atoms with van der Waals surface area (Å²) in [6, 6.07) is 19.0. The van der Waals surface area contributed by atoms with Crippen molar-refractivity contribution in [2.24, 2.45) is 0 Å². The van der Waals surface area contributed by atoms with Gasteiger partial charge in [-0.25, -0.2) is 0 Å². The molecule has 1 N–H and O–H groups in total. The molecule has 4 heteroatoms. The Bertz CT molecular complexity index is 769. The number of amides is 1. The zero-order valence-electron chi connectivity index (χ0n) is 15.3. The molecule has 2 aromatic carbocycles.